The molecule has 0 aliphatic heterocycles. The molecule has 0 saturated carbocycles. The van der Waals surface area contributed by atoms with Gasteiger partial charge in [0.1, 0.15) is 0 Å². The number of rotatable bonds is 12. The third-order valence-electron chi connectivity index (χ3n) is 2.49. The third-order valence-corrected chi connectivity index (χ3v) is 4.54. The number of halogens is 2. The van der Waals surface area contributed by atoms with Crippen molar-refractivity contribution in [1.82, 2.24) is 0 Å². The monoisotopic (exact) mass is 436 g/mol. The van der Waals surface area contributed by atoms with Crippen LogP contribution in [-0.4, -0.2) is 52.4 Å². The predicted octanol–water partition coefficient (Wildman–Crippen LogP) is 2.28. The van der Waals surface area contributed by atoms with E-state index in [4.69, 9.17) is 23.4 Å². The van der Waals surface area contributed by atoms with Crippen molar-refractivity contribution in [3.05, 3.63) is 0 Å². The molecule has 0 bridgehead atoms. The quantitative estimate of drug-likeness (QED) is 0.266. The fraction of sp³-hybridized carbons (Fsp3) is 1.00. The van der Waals surface area contributed by atoms with Gasteiger partial charge in [0, 0.05) is 18.5 Å². The number of hydrogen-bond donors (Lipinski definition) is 0. The Morgan fingerprint density at radius 3 is 1.80 bits per heavy atom. The van der Waals surface area contributed by atoms with E-state index in [0.29, 0.717) is 23.7 Å². The molecule has 3 atom stereocenters. The van der Waals surface area contributed by atoms with Gasteiger partial charge >= 0.3 is 0 Å². The van der Waals surface area contributed by atoms with E-state index in [1.165, 1.54) is 0 Å². The van der Waals surface area contributed by atoms with Crippen LogP contribution in [0.25, 0.3) is 0 Å². The van der Waals surface area contributed by atoms with Crippen LogP contribution in [0, 0.1) is 0 Å². The van der Waals surface area contributed by atoms with E-state index in [9.17, 15) is 0 Å². The molecule has 0 fully saturated rings. The fourth-order valence-electron chi connectivity index (χ4n) is 1.67. The maximum absolute atomic E-state index is 5.88. The lowest BCUT2D eigenvalue weighted by atomic mass is 10.3. The molecule has 0 spiro atoms. The van der Waals surface area contributed by atoms with Crippen molar-refractivity contribution >= 4 is 42.3 Å². The van der Waals surface area contributed by atoms with Gasteiger partial charge in [-0.1, -0.05) is 31.9 Å². The minimum absolute atomic E-state index is 0.141. The Bertz CT molecular complexity index is 234. The molecule has 0 N–H and O–H groups in total. The SMILES string of the molecule is CCOC(C)OC(O[SiH3])(OC(C)OCC)C(Br)CCBr. The molecule has 0 heterocycles. The van der Waals surface area contributed by atoms with Crippen molar-refractivity contribution in [2.45, 2.75) is 57.5 Å². The van der Waals surface area contributed by atoms with Crippen molar-refractivity contribution in [3.63, 3.8) is 0 Å². The number of hydrogen-bond acceptors (Lipinski definition) is 5. The van der Waals surface area contributed by atoms with Crippen molar-refractivity contribution < 1.29 is 23.4 Å². The molecule has 0 aromatic heterocycles. The molecule has 122 valence electrons. The van der Waals surface area contributed by atoms with E-state index in [1.54, 1.807) is 0 Å². The molecule has 3 unspecified atom stereocenters. The maximum Gasteiger partial charge on any atom is 0.290 e. The molecule has 20 heavy (non-hydrogen) atoms. The van der Waals surface area contributed by atoms with E-state index in [-0.39, 0.29) is 4.83 Å². The Morgan fingerprint density at radius 2 is 1.50 bits per heavy atom. The summed E-state index contributed by atoms with van der Waals surface area (Å²) in [5.41, 5.74) is 0. The Morgan fingerprint density at radius 1 is 1.05 bits per heavy atom. The fourth-order valence-corrected chi connectivity index (χ4v) is 4.20. The van der Waals surface area contributed by atoms with Gasteiger partial charge < -0.3 is 13.9 Å². The van der Waals surface area contributed by atoms with Gasteiger partial charge in [0.05, 0.1) is 4.83 Å². The number of ether oxygens (including phenoxy) is 4. The van der Waals surface area contributed by atoms with E-state index in [1.807, 2.05) is 27.7 Å². The number of alkyl halides is 2. The first-order chi connectivity index (χ1) is 9.45. The highest BCUT2D eigenvalue weighted by atomic mass is 79.9. The smallest absolute Gasteiger partial charge is 0.290 e. The maximum atomic E-state index is 5.88. The van der Waals surface area contributed by atoms with Crippen LogP contribution in [0.4, 0.5) is 0 Å². The molecule has 8 heteroatoms. The summed E-state index contributed by atoms with van der Waals surface area (Å²) in [6.07, 6.45) is -0.0868. The first-order valence-electron chi connectivity index (χ1n) is 6.79. The molecule has 5 nitrogen and oxygen atoms in total. The highest BCUT2D eigenvalue weighted by Crippen LogP contribution is 2.31. The lowest BCUT2D eigenvalue weighted by molar-refractivity contribution is -0.416. The Hall–Kier alpha value is 0.977. The van der Waals surface area contributed by atoms with Crippen LogP contribution in [0.3, 0.4) is 0 Å². The summed E-state index contributed by atoms with van der Waals surface area (Å²) < 4.78 is 28.3. The lowest BCUT2D eigenvalue weighted by Gasteiger charge is -2.39. The van der Waals surface area contributed by atoms with Crippen LogP contribution in [0.1, 0.15) is 34.1 Å². The van der Waals surface area contributed by atoms with Crippen LogP contribution in [0.15, 0.2) is 0 Å². The Kier molecular flexibility index (Phi) is 12.1. The zero-order valence-electron chi connectivity index (χ0n) is 12.9. The summed E-state index contributed by atoms with van der Waals surface area (Å²) in [6, 6.07) is 0. The van der Waals surface area contributed by atoms with Gasteiger partial charge in [-0.05, 0) is 34.1 Å². The lowest BCUT2D eigenvalue weighted by Crippen LogP contribution is -2.51. The molecule has 0 aromatic rings. The van der Waals surface area contributed by atoms with Crippen molar-refractivity contribution in [2.24, 2.45) is 0 Å². The van der Waals surface area contributed by atoms with E-state index >= 15 is 0 Å². The molecule has 0 aliphatic carbocycles. The van der Waals surface area contributed by atoms with Crippen LogP contribution in [-0.2, 0) is 23.4 Å². The molecule has 0 aliphatic rings. The summed E-state index contributed by atoms with van der Waals surface area (Å²) in [5, 5.41) is 0.800. The highest BCUT2D eigenvalue weighted by Gasteiger charge is 2.43. The molecule has 0 amide bonds. The van der Waals surface area contributed by atoms with Gasteiger partial charge in [-0.3, -0.25) is 9.47 Å². The van der Waals surface area contributed by atoms with E-state index in [0.717, 1.165) is 11.8 Å². The second kappa shape index (κ2) is 11.5. The molecular weight excluding hydrogens is 412 g/mol. The molecule has 0 saturated heterocycles. The largest absolute Gasteiger partial charge is 0.379 e. The van der Waals surface area contributed by atoms with Gasteiger partial charge in [0.15, 0.2) is 23.1 Å². The Labute approximate surface area is 141 Å². The average Bonchev–Trinajstić information content (AvgIpc) is 2.38. The topological polar surface area (TPSA) is 46.2 Å². The van der Waals surface area contributed by atoms with Crippen LogP contribution in [0.2, 0.25) is 0 Å². The second-order valence-corrected chi connectivity index (χ2v) is 6.34. The van der Waals surface area contributed by atoms with E-state index < -0.39 is 18.6 Å². The van der Waals surface area contributed by atoms with Crippen molar-refractivity contribution in [3.8, 4) is 0 Å². The minimum Gasteiger partial charge on any atom is -0.379 e. The van der Waals surface area contributed by atoms with Crippen molar-refractivity contribution in [2.75, 3.05) is 18.5 Å². The molecular formula is C12H26Br2O5Si. The third kappa shape index (κ3) is 7.30. The van der Waals surface area contributed by atoms with Crippen LogP contribution >= 0.6 is 31.9 Å². The first-order valence-corrected chi connectivity index (χ1v) is 9.65. The normalized spacial score (nSPS) is 19.5. The second-order valence-electron chi connectivity index (χ2n) is 4.03. The van der Waals surface area contributed by atoms with E-state index in [2.05, 4.69) is 31.9 Å². The molecule has 0 radical (unpaired) electrons. The zero-order chi connectivity index (χ0) is 15.6. The zero-order valence-corrected chi connectivity index (χ0v) is 18.0. The highest BCUT2D eigenvalue weighted by molar-refractivity contribution is 9.10. The summed E-state index contributed by atoms with van der Waals surface area (Å²) in [5.74, 6) is -1.21. The predicted molar refractivity (Wildman–Crippen MR) is 89.2 cm³/mol. The summed E-state index contributed by atoms with van der Waals surface area (Å²) in [6.45, 7) is 8.59. The molecule has 0 rings (SSSR count). The van der Waals surface area contributed by atoms with Gasteiger partial charge in [-0.25, -0.2) is 0 Å². The van der Waals surface area contributed by atoms with Gasteiger partial charge in [0.25, 0.3) is 5.97 Å². The van der Waals surface area contributed by atoms with Gasteiger partial charge in [-0.2, -0.15) is 0 Å². The van der Waals surface area contributed by atoms with Gasteiger partial charge in [-0.15, -0.1) is 0 Å². The Balaban J connectivity index is 4.95. The minimum atomic E-state index is -1.21. The summed E-state index contributed by atoms with van der Waals surface area (Å²) in [7, 11) is 0.464. The summed E-state index contributed by atoms with van der Waals surface area (Å²) >= 11 is 7.00. The summed E-state index contributed by atoms with van der Waals surface area (Å²) in [4.78, 5) is -0.141. The van der Waals surface area contributed by atoms with Crippen LogP contribution < -0.4 is 0 Å². The molecule has 0 aromatic carbocycles. The van der Waals surface area contributed by atoms with Gasteiger partial charge in [0.2, 0.25) is 0 Å². The first kappa shape index (κ1) is 21.0. The average molecular weight is 438 g/mol. The van der Waals surface area contributed by atoms with Crippen molar-refractivity contribution in [1.29, 1.82) is 0 Å². The van der Waals surface area contributed by atoms with Crippen LogP contribution in [0.5, 0.6) is 0 Å². The standard InChI is InChI=1S/C12H26Br2O5Si/c1-5-15-9(3)17-12(19-20,11(14)7-8-13)18-10(4)16-6-2/h9-11H,5-8H2,1-4,20H3.